The van der Waals surface area contributed by atoms with E-state index >= 15 is 0 Å². The first kappa shape index (κ1) is 14.3. The van der Waals surface area contributed by atoms with Crippen LogP contribution in [0.5, 0.6) is 5.75 Å². The summed E-state index contributed by atoms with van der Waals surface area (Å²) in [6, 6.07) is 4.81. The van der Waals surface area contributed by atoms with Crippen LogP contribution in [0.2, 0.25) is 0 Å². The number of thiazole rings is 1. The number of aromatic nitrogens is 1. The third-order valence-electron chi connectivity index (χ3n) is 2.86. The number of methoxy groups -OCH3 is 1. The Hall–Kier alpha value is -2.08. The number of carbonyl (C=O) groups is 1. The van der Waals surface area contributed by atoms with Crippen LogP contribution in [0.15, 0.2) is 18.2 Å². The third kappa shape index (κ3) is 3.08. The molecular formula is C14H16N2O3S. The van der Waals surface area contributed by atoms with Gasteiger partial charge in [0.15, 0.2) is 0 Å². The number of hydrogen-bond acceptors (Lipinski definition) is 6. The van der Waals surface area contributed by atoms with Gasteiger partial charge in [0.2, 0.25) is 0 Å². The molecule has 0 radical (unpaired) electrons. The van der Waals surface area contributed by atoms with Crippen molar-refractivity contribution in [2.24, 2.45) is 0 Å². The number of rotatable bonds is 4. The van der Waals surface area contributed by atoms with E-state index in [1.54, 1.807) is 29.5 Å². The van der Waals surface area contributed by atoms with Gasteiger partial charge in [-0.3, -0.25) is 0 Å². The summed E-state index contributed by atoms with van der Waals surface area (Å²) in [5.74, 6) is 0.0363. The van der Waals surface area contributed by atoms with E-state index in [1.165, 1.54) is 12.0 Å². The molecule has 20 heavy (non-hydrogen) atoms. The average molecular weight is 292 g/mol. The van der Waals surface area contributed by atoms with Crippen molar-refractivity contribution in [2.45, 2.75) is 20.5 Å². The van der Waals surface area contributed by atoms with Crippen molar-refractivity contribution in [3.05, 3.63) is 39.3 Å². The average Bonchev–Trinajstić information content (AvgIpc) is 2.76. The van der Waals surface area contributed by atoms with E-state index in [1.807, 2.05) is 13.8 Å². The molecule has 0 amide bonds. The summed E-state index contributed by atoms with van der Waals surface area (Å²) in [5, 5.41) is 0.878. The predicted octanol–water partition coefficient (Wildman–Crippen LogP) is 2.71. The first-order chi connectivity index (χ1) is 9.51. The van der Waals surface area contributed by atoms with Crippen molar-refractivity contribution in [1.82, 2.24) is 4.98 Å². The lowest BCUT2D eigenvalue weighted by Crippen LogP contribution is -2.04. The molecule has 0 aliphatic heterocycles. The summed E-state index contributed by atoms with van der Waals surface area (Å²) in [6.45, 7) is 4.30. The Morgan fingerprint density at radius 2 is 2.15 bits per heavy atom. The second-order valence-corrected chi connectivity index (χ2v) is 5.57. The first-order valence-electron chi connectivity index (χ1n) is 6.05. The van der Waals surface area contributed by atoms with E-state index in [4.69, 9.17) is 10.5 Å². The molecule has 0 fully saturated rings. The molecule has 0 bridgehead atoms. The number of benzene rings is 1. The Kier molecular flexibility index (Phi) is 4.24. The number of nitrogen functional groups attached to an aromatic ring is 1. The first-order valence-corrected chi connectivity index (χ1v) is 6.86. The van der Waals surface area contributed by atoms with Crippen LogP contribution in [0.3, 0.4) is 0 Å². The van der Waals surface area contributed by atoms with E-state index in [9.17, 15) is 4.79 Å². The van der Waals surface area contributed by atoms with Gasteiger partial charge < -0.3 is 15.2 Å². The highest BCUT2D eigenvalue weighted by Crippen LogP contribution is 2.25. The molecule has 2 N–H and O–H groups in total. The molecule has 106 valence electrons. The van der Waals surface area contributed by atoms with Crippen LogP contribution in [0.25, 0.3) is 0 Å². The molecule has 5 nitrogen and oxygen atoms in total. The van der Waals surface area contributed by atoms with Gasteiger partial charge in [0, 0.05) is 4.88 Å². The molecule has 0 aliphatic rings. The Morgan fingerprint density at radius 1 is 1.40 bits per heavy atom. The zero-order valence-corrected chi connectivity index (χ0v) is 12.4. The predicted molar refractivity (Wildman–Crippen MR) is 78.1 cm³/mol. The fourth-order valence-electron chi connectivity index (χ4n) is 1.64. The van der Waals surface area contributed by atoms with Gasteiger partial charge in [0.25, 0.3) is 0 Å². The van der Waals surface area contributed by atoms with Crippen LogP contribution in [0.1, 0.15) is 25.9 Å². The van der Waals surface area contributed by atoms with Crippen LogP contribution in [-0.4, -0.2) is 18.1 Å². The van der Waals surface area contributed by atoms with E-state index in [2.05, 4.69) is 9.72 Å². The highest BCUT2D eigenvalue weighted by Gasteiger charge is 2.10. The van der Waals surface area contributed by atoms with Crippen LogP contribution in [0, 0.1) is 13.8 Å². The molecule has 0 unspecified atom stereocenters. The quantitative estimate of drug-likeness (QED) is 0.692. The Balaban J connectivity index is 2.14. The van der Waals surface area contributed by atoms with Crippen molar-refractivity contribution in [3.63, 3.8) is 0 Å². The number of anilines is 1. The molecular weight excluding hydrogens is 276 g/mol. The van der Waals surface area contributed by atoms with E-state index < -0.39 is 5.97 Å². The van der Waals surface area contributed by atoms with E-state index in [0.29, 0.717) is 23.6 Å². The van der Waals surface area contributed by atoms with Crippen molar-refractivity contribution < 1.29 is 14.3 Å². The smallest absolute Gasteiger partial charge is 0.337 e. The molecule has 6 heteroatoms. The van der Waals surface area contributed by atoms with E-state index in [-0.39, 0.29) is 0 Å². The van der Waals surface area contributed by atoms with Gasteiger partial charge in [-0.15, -0.1) is 11.3 Å². The second kappa shape index (κ2) is 5.92. The molecule has 2 aromatic rings. The highest BCUT2D eigenvalue weighted by atomic mass is 32.1. The standard InChI is InChI=1S/C14H16N2O3S/c1-8-9(2)20-13(16-8)7-19-12-6-10(14(17)18-3)4-5-11(12)15/h4-6H,7,15H2,1-3H3. The van der Waals surface area contributed by atoms with Crippen LogP contribution < -0.4 is 10.5 Å². The van der Waals surface area contributed by atoms with Gasteiger partial charge in [-0.25, -0.2) is 9.78 Å². The molecule has 0 aliphatic carbocycles. The van der Waals surface area contributed by atoms with Gasteiger partial charge in [-0.2, -0.15) is 0 Å². The van der Waals surface area contributed by atoms with Crippen molar-refractivity contribution in [3.8, 4) is 5.75 Å². The number of ether oxygens (including phenoxy) is 2. The SMILES string of the molecule is COC(=O)c1ccc(N)c(OCc2nc(C)c(C)s2)c1. The minimum Gasteiger partial charge on any atom is -0.484 e. The Labute approximate surface area is 121 Å². The lowest BCUT2D eigenvalue weighted by molar-refractivity contribution is 0.0600. The van der Waals surface area contributed by atoms with Gasteiger partial charge in [0.1, 0.15) is 17.4 Å². The lowest BCUT2D eigenvalue weighted by Gasteiger charge is -2.09. The summed E-state index contributed by atoms with van der Waals surface area (Å²) >= 11 is 1.59. The van der Waals surface area contributed by atoms with E-state index in [0.717, 1.165) is 10.7 Å². The van der Waals surface area contributed by atoms with Gasteiger partial charge in [-0.05, 0) is 32.0 Å². The summed E-state index contributed by atoms with van der Waals surface area (Å²) in [4.78, 5) is 17.0. The van der Waals surface area contributed by atoms with Gasteiger partial charge in [0.05, 0.1) is 24.1 Å². The number of aryl methyl sites for hydroxylation is 2. The zero-order chi connectivity index (χ0) is 14.7. The number of nitrogens with zero attached hydrogens (tertiary/aromatic N) is 1. The maximum atomic E-state index is 11.5. The maximum Gasteiger partial charge on any atom is 0.337 e. The third-order valence-corrected chi connectivity index (χ3v) is 3.90. The van der Waals surface area contributed by atoms with Crippen LogP contribution in [-0.2, 0) is 11.3 Å². The topological polar surface area (TPSA) is 74.4 Å². The van der Waals surface area contributed by atoms with Crippen molar-refractivity contribution >= 4 is 23.0 Å². The lowest BCUT2D eigenvalue weighted by atomic mass is 10.2. The van der Waals surface area contributed by atoms with Crippen LogP contribution >= 0.6 is 11.3 Å². The normalized spacial score (nSPS) is 10.3. The molecule has 0 saturated carbocycles. The number of esters is 1. The van der Waals surface area contributed by atoms with Gasteiger partial charge in [-0.1, -0.05) is 0 Å². The monoisotopic (exact) mass is 292 g/mol. The summed E-state index contributed by atoms with van der Waals surface area (Å²) in [5.41, 5.74) is 7.72. The Bertz CT molecular complexity index is 618. The summed E-state index contributed by atoms with van der Waals surface area (Å²) < 4.78 is 10.3. The number of hydrogen-bond donors (Lipinski definition) is 1. The minimum absolute atomic E-state index is 0.328. The fourth-order valence-corrected chi connectivity index (χ4v) is 2.49. The minimum atomic E-state index is -0.421. The molecule has 0 atom stereocenters. The molecule has 1 aromatic carbocycles. The molecule has 0 spiro atoms. The Morgan fingerprint density at radius 3 is 2.75 bits per heavy atom. The maximum absolute atomic E-state index is 11.5. The van der Waals surface area contributed by atoms with Crippen LogP contribution in [0.4, 0.5) is 5.69 Å². The number of nitrogens with two attached hydrogens (primary N) is 1. The fraction of sp³-hybridized carbons (Fsp3) is 0.286. The van der Waals surface area contributed by atoms with Crippen molar-refractivity contribution in [1.29, 1.82) is 0 Å². The zero-order valence-electron chi connectivity index (χ0n) is 11.6. The molecule has 1 aromatic heterocycles. The molecule has 0 saturated heterocycles. The summed E-state index contributed by atoms with van der Waals surface area (Å²) in [7, 11) is 1.33. The van der Waals surface area contributed by atoms with Gasteiger partial charge >= 0.3 is 5.97 Å². The highest BCUT2D eigenvalue weighted by molar-refractivity contribution is 7.11. The summed E-state index contributed by atoms with van der Waals surface area (Å²) in [6.07, 6.45) is 0. The molecule has 1 heterocycles. The second-order valence-electron chi connectivity index (χ2n) is 4.28. The number of carbonyl (C=O) groups excluding carboxylic acids is 1. The largest absolute Gasteiger partial charge is 0.484 e. The van der Waals surface area contributed by atoms with Crippen molar-refractivity contribution in [2.75, 3.05) is 12.8 Å². The molecule has 2 rings (SSSR count).